The van der Waals surface area contributed by atoms with E-state index in [0.717, 1.165) is 36.6 Å². The van der Waals surface area contributed by atoms with Crippen LogP contribution in [0, 0.1) is 5.92 Å². The van der Waals surface area contributed by atoms with Gasteiger partial charge in [-0.15, -0.1) is 0 Å². The molecule has 112 valence electrons. The van der Waals surface area contributed by atoms with E-state index < -0.39 is 0 Å². The van der Waals surface area contributed by atoms with Gasteiger partial charge in [-0.25, -0.2) is 4.79 Å². The Labute approximate surface area is 123 Å². The number of nitrogens with two attached hydrogens (primary N) is 1. The van der Waals surface area contributed by atoms with E-state index in [4.69, 9.17) is 10.5 Å². The molecule has 0 radical (unpaired) electrons. The van der Waals surface area contributed by atoms with E-state index in [1.54, 1.807) is 12.1 Å². The first-order valence-electron chi connectivity index (χ1n) is 7.63. The van der Waals surface area contributed by atoms with Crippen LogP contribution in [0.25, 0.3) is 10.9 Å². The number of hydrogen-bond donors (Lipinski definition) is 2. The molecular weight excluding hydrogens is 266 g/mol. The molecule has 1 heterocycles. The zero-order valence-corrected chi connectivity index (χ0v) is 12.3. The number of carbonyl (C=O) groups excluding carboxylic acids is 1. The van der Waals surface area contributed by atoms with Crippen LogP contribution in [0.15, 0.2) is 18.2 Å². The summed E-state index contributed by atoms with van der Waals surface area (Å²) in [4.78, 5) is 12.4. The Kier molecular flexibility index (Phi) is 3.82. The van der Waals surface area contributed by atoms with Gasteiger partial charge < -0.3 is 10.5 Å². The summed E-state index contributed by atoms with van der Waals surface area (Å²) in [5.41, 5.74) is 7.53. The fraction of sp³-hybridized carbons (Fsp3) is 0.500. The van der Waals surface area contributed by atoms with Crippen molar-refractivity contribution in [2.24, 2.45) is 5.92 Å². The average molecular weight is 287 g/mol. The van der Waals surface area contributed by atoms with Gasteiger partial charge >= 0.3 is 5.97 Å². The molecule has 3 rings (SSSR count). The van der Waals surface area contributed by atoms with Gasteiger partial charge in [-0.1, -0.05) is 13.3 Å². The van der Waals surface area contributed by atoms with E-state index >= 15 is 0 Å². The molecule has 1 aromatic heterocycles. The van der Waals surface area contributed by atoms with Crippen LogP contribution in [-0.4, -0.2) is 22.3 Å². The van der Waals surface area contributed by atoms with Crippen LogP contribution in [0.1, 0.15) is 49.5 Å². The predicted octanol–water partition coefficient (Wildman–Crippen LogP) is 3.27. The zero-order valence-electron chi connectivity index (χ0n) is 12.3. The molecule has 3 N–H and O–H groups in total. The standard InChI is InChI=1S/C16H21N3O2/c1-2-10-5-3-4-6-14(10)21-16(20)15-12-9-11(17)7-8-13(12)18-19-15/h7-10,14H,2-6,17H2,1H3,(H,18,19). The molecule has 2 unspecified atom stereocenters. The topological polar surface area (TPSA) is 81.0 Å². The van der Waals surface area contributed by atoms with Gasteiger partial charge in [0.1, 0.15) is 6.10 Å². The summed E-state index contributed by atoms with van der Waals surface area (Å²) in [7, 11) is 0. The number of aromatic amines is 1. The SMILES string of the molecule is CCC1CCCCC1OC(=O)c1n[nH]c2ccc(N)cc12. The third-order valence-electron chi connectivity index (χ3n) is 4.40. The molecular formula is C16H21N3O2. The number of nitrogens with one attached hydrogen (secondary N) is 1. The summed E-state index contributed by atoms with van der Waals surface area (Å²) >= 11 is 0. The first-order chi connectivity index (χ1) is 10.2. The maximum absolute atomic E-state index is 12.4. The molecule has 5 nitrogen and oxygen atoms in total. The van der Waals surface area contributed by atoms with Crippen LogP contribution in [0.5, 0.6) is 0 Å². The van der Waals surface area contributed by atoms with E-state index in [0.29, 0.717) is 17.3 Å². The Bertz CT molecular complexity index is 650. The normalized spacial score (nSPS) is 22.3. The minimum Gasteiger partial charge on any atom is -0.457 e. The van der Waals surface area contributed by atoms with E-state index in [1.165, 1.54) is 6.42 Å². The van der Waals surface area contributed by atoms with Gasteiger partial charge in [0.15, 0.2) is 5.69 Å². The Morgan fingerprint density at radius 1 is 1.43 bits per heavy atom. The van der Waals surface area contributed by atoms with Gasteiger partial charge in [-0.2, -0.15) is 5.10 Å². The molecule has 0 bridgehead atoms. The molecule has 0 saturated heterocycles. The van der Waals surface area contributed by atoms with Crippen molar-refractivity contribution < 1.29 is 9.53 Å². The van der Waals surface area contributed by atoms with Crippen LogP contribution in [0.2, 0.25) is 0 Å². The molecule has 0 amide bonds. The van der Waals surface area contributed by atoms with Crippen molar-refractivity contribution in [2.75, 3.05) is 5.73 Å². The molecule has 2 aromatic rings. The number of hydrogen-bond acceptors (Lipinski definition) is 4. The lowest BCUT2D eigenvalue weighted by Crippen LogP contribution is -2.29. The highest BCUT2D eigenvalue weighted by molar-refractivity contribution is 6.02. The van der Waals surface area contributed by atoms with Crippen molar-refractivity contribution in [1.29, 1.82) is 0 Å². The third kappa shape index (κ3) is 2.73. The first-order valence-corrected chi connectivity index (χ1v) is 7.63. The maximum atomic E-state index is 12.4. The van der Waals surface area contributed by atoms with Crippen LogP contribution < -0.4 is 5.73 Å². The smallest absolute Gasteiger partial charge is 0.359 e. The molecule has 0 spiro atoms. The first kappa shape index (κ1) is 13.9. The third-order valence-corrected chi connectivity index (χ3v) is 4.40. The van der Waals surface area contributed by atoms with Gasteiger partial charge in [0, 0.05) is 11.1 Å². The number of aromatic nitrogens is 2. The molecule has 2 atom stereocenters. The highest BCUT2D eigenvalue weighted by Crippen LogP contribution is 2.30. The Balaban J connectivity index is 1.82. The number of rotatable bonds is 3. The van der Waals surface area contributed by atoms with Crippen molar-refractivity contribution in [3.8, 4) is 0 Å². The second kappa shape index (κ2) is 5.76. The van der Waals surface area contributed by atoms with E-state index in [1.807, 2.05) is 6.07 Å². The molecule has 21 heavy (non-hydrogen) atoms. The van der Waals surface area contributed by atoms with Crippen LogP contribution in [0.3, 0.4) is 0 Å². The summed E-state index contributed by atoms with van der Waals surface area (Å²) in [5.74, 6) is 0.121. The van der Waals surface area contributed by atoms with Gasteiger partial charge in [0.25, 0.3) is 0 Å². The number of H-pyrrole nitrogens is 1. The van der Waals surface area contributed by atoms with Crippen molar-refractivity contribution >= 4 is 22.6 Å². The van der Waals surface area contributed by atoms with E-state index in [-0.39, 0.29) is 12.1 Å². The molecule has 5 heteroatoms. The number of nitrogens with zero attached hydrogens (tertiary/aromatic N) is 1. The van der Waals surface area contributed by atoms with Gasteiger partial charge in [0.2, 0.25) is 0 Å². The molecule has 1 fully saturated rings. The molecule has 1 aliphatic carbocycles. The number of fused-ring (bicyclic) bond motifs is 1. The summed E-state index contributed by atoms with van der Waals surface area (Å²) in [5, 5.41) is 7.68. The number of carbonyl (C=O) groups is 1. The Morgan fingerprint density at radius 3 is 3.05 bits per heavy atom. The minimum atomic E-state index is -0.350. The number of nitrogen functional groups attached to an aromatic ring is 1. The number of benzene rings is 1. The second-order valence-electron chi connectivity index (χ2n) is 5.77. The summed E-state index contributed by atoms with van der Waals surface area (Å²) in [6.07, 6.45) is 5.52. The number of esters is 1. The molecule has 1 aromatic carbocycles. The number of anilines is 1. The van der Waals surface area contributed by atoms with Crippen molar-refractivity contribution in [2.45, 2.75) is 45.1 Å². The fourth-order valence-electron chi connectivity index (χ4n) is 3.18. The molecule has 0 aliphatic heterocycles. The van der Waals surface area contributed by atoms with Crippen LogP contribution in [-0.2, 0) is 4.74 Å². The molecule has 1 aliphatic rings. The second-order valence-corrected chi connectivity index (χ2v) is 5.77. The lowest BCUT2D eigenvalue weighted by atomic mass is 9.85. The van der Waals surface area contributed by atoms with Crippen molar-refractivity contribution in [3.05, 3.63) is 23.9 Å². The number of ether oxygens (including phenoxy) is 1. The Morgan fingerprint density at radius 2 is 2.24 bits per heavy atom. The van der Waals surface area contributed by atoms with Crippen LogP contribution >= 0.6 is 0 Å². The minimum absolute atomic E-state index is 0.0176. The van der Waals surface area contributed by atoms with E-state index in [9.17, 15) is 4.79 Å². The van der Waals surface area contributed by atoms with Gasteiger partial charge in [0.05, 0.1) is 5.52 Å². The lowest BCUT2D eigenvalue weighted by molar-refractivity contribution is 0.000314. The fourth-order valence-corrected chi connectivity index (χ4v) is 3.18. The largest absolute Gasteiger partial charge is 0.457 e. The average Bonchev–Trinajstić information content (AvgIpc) is 2.90. The summed E-state index contributed by atoms with van der Waals surface area (Å²) < 4.78 is 5.72. The van der Waals surface area contributed by atoms with Crippen molar-refractivity contribution in [3.63, 3.8) is 0 Å². The van der Waals surface area contributed by atoms with Crippen LogP contribution in [0.4, 0.5) is 5.69 Å². The highest BCUT2D eigenvalue weighted by atomic mass is 16.5. The maximum Gasteiger partial charge on any atom is 0.359 e. The van der Waals surface area contributed by atoms with Crippen molar-refractivity contribution in [1.82, 2.24) is 10.2 Å². The molecule has 1 saturated carbocycles. The lowest BCUT2D eigenvalue weighted by Gasteiger charge is -2.30. The Hall–Kier alpha value is -2.04. The van der Waals surface area contributed by atoms with Gasteiger partial charge in [-0.3, -0.25) is 5.10 Å². The van der Waals surface area contributed by atoms with Gasteiger partial charge in [-0.05, 0) is 49.8 Å². The summed E-state index contributed by atoms with van der Waals surface area (Å²) in [6, 6.07) is 5.36. The predicted molar refractivity (Wildman–Crippen MR) is 82.0 cm³/mol. The monoisotopic (exact) mass is 287 g/mol. The van der Waals surface area contributed by atoms with E-state index in [2.05, 4.69) is 17.1 Å². The summed E-state index contributed by atoms with van der Waals surface area (Å²) in [6.45, 7) is 2.15. The zero-order chi connectivity index (χ0) is 14.8. The highest BCUT2D eigenvalue weighted by Gasteiger charge is 2.28. The quantitative estimate of drug-likeness (QED) is 0.670.